The predicted octanol–water partition coefficient (Wildman–Crippen LogP) is 0.545. The minimum atomic E-state index is -1.46. The molecule has 0 radical (unpaired) electrons. The van der Waals surface area contributed by atoms with E-state index < -0.39 is 13.9 Å². The Labute approximate surface area is 84.1 Å². The highest BCUT2D eigenvalue weighted by Crippen LogP contribution is 2.27. The summed E-state index contributed by atoms with van der Waals surface area (Å²) in [7, 11) is -1.46. The lowest BCUT2D eigenvalue weighted by Gasteiger charge is -2.14. The molecule has 1 heterocycles. The maximum Gasteiger partial charge on any atom is 0.436 e. The van der Waals surface area contributed by atoms with Crippen molar-refractivity contribution in [1.82, 2.24) is 10.4 Å². The Morgan fingerprint density at radius 2 is 2.43 bits per heavy atom. The molecule has 1 rings (SSSR count). The van der Waals surface area contributed by atoms with E-state index in [2.05, 4.69) is 10.4 Å². The quantitative estimate of drug-likeness (QED) is 0.588. The third kappa shape index (κ3) is 4.13. The molecule has 0 bridgehead atoms. The van der Waals surface area contributed by atoms with Gasteiger partial charge in [-0.15, -0.1) is 5.09 Å². The van der Waals surface area contributed by atoms with Gasteiger partial charge in [-0.25, -0.2) is 0 Å². The number of aliphatic carboxylic acids is 1. The molecular formula is C8H16N2O3P+. The molecule has 0 spiro atoms. The summed E-state index contributed by atoms with van der Waals surface area (Å²) in [6.07, 6.45) is 2.04. The van der Waals surface area contributed by atoms with Crippen molar-refractivity contribution in [2.24, 2.45) is 0 Å². The fraction of sp³-hybridized carbons (Fsp3) is 0.875. The highest BCUT2D eigenvalue weighted by molar-refractivity contribution is 7.43. The van der Waals surface area contributed by atoms with Crippen LogP contribution in [-0.4, -0.2) is 36.4 Å². The van der Waals surface area contributed by atoms with Gasteiger partial charge < -0.3 is 10.4 Å². The first kappa shape index (κ1) is 11.6. The minimum Gasteiger partial charge on any atom is -0.481 e. The highest BCUT2D eigenvalue weighted by Gasteiger charge is 2.31. The molecule has 0 aromatic heterocycles. The minimum absolute atomic E-state index is 0.0290. The SMILES string of the molecule is O=C(O)CCN[P+](=O)C1CCCNC1. The zero-order chi connectivity index (χ0) is 10.4. The summed E-state index contributed by atoms with van der Waals surface area (Å²) < 4.78 is 11.6. The Morgan fingerprint density at radius 1 is 1.64 bits per heavy atom. The summed E-state index contributed by atoms with van der Waals surface area (Å²) in [6, 6.07) is 0. The number of carbonyl (C=O) groups is 1. The van der Waals surface area contributed by atoms with E-state index in [1.807, 2.05) is 0 Å². The lowest BCUT2D eigenvalue weighted by molar-refractivity contribution is -0.136. The van der Waals surface area contributed by atoms with Crippen LogP contribution in [0.25, 0.3) is 0 Å². The lowest BCUT2D eigenvalue weighted by Crippen LogP contribution is -2.33. The van der Waals surface area contributed by atoms with E-state index in [0.29, 0.717) is 6.54 Å². The van der Waals surface area contributed by atoms with E-state index in [1.165, 1.54) is 0 Å². The van der Waals surface area contributed by atoms with Crippen molar-refractivity contribution in [3.8, 4) is 0 Å². The summed E-state index contributed by atoms with van der Waals surface area (Å²) in [5, 5.41) is 14.3. The second-order valence-corrected chi connectivity index (χ2v) is 5.08. The van der Waals surface area contributed by atoms with Crippen LogP contribution in [0.2, 0.25) is 0 Å². The number of carboxylic acids is 1. The van der Waals surface area contributed by atoms with Gasteiger partial charge in [0.2, 0.25) is 0 Å². The molecule has 6 heteroatoms. The summed E-state index contributed by atoms with van der Waals surface area (Å²) in [5.74, 6) is -0.859. The number of nitrogens with one attached hydrogen (secondary N) is 2. The Kier molecular flexibility index (Phi) is 5.01. The van der Waals surface area contributed by atoms with Crippen LogP contribution in [0.5, 0.6) is 0 Å². The summed E-state index contributed by atoms with van der Waals surface area (Å²) >= 11 is 0. The van der Waals surface area contributed by atoms with Gasteiger partial charge in [0.15, 0.2) is 5.66 Å². The molecule has 1 aliphatic heterocycles. The molecule has 3 N–H and O–H groups in total. The van der Waals surface area contributed by atoms with Crippen LogP contribution in [0.3, 0.4) is 0 Å². The van der Waals surface area contributed by atoms with Gasteiger partial charge in [0.05, 0.1) is 13.0 Å². The molecule has 5 nitrogen and oxygen atoms in total. The van der Waals surface area contributed by atoms with Gasteiger partial charge in [0.1, 0.15) is 0 Å². The van der Waals surface area contributed by atoms with Crippen LogP contribution < -0.4 is 10.4 Å². The number of piperidine rings is 1. The molecule has 14 heavy (non-hydrogen) atoms. The van der Waals surface area contributed by atoms with Gasteiger partial charge in [-0.05, 0) is 19.4 Å². The molecule has 80 valence electrons. The molecular weight excluding hydrogens is 203 g/mol. The van der Waals surface area contributed by atoms with Crippen molar-refractivity contribution >= 4 is 13.9 Å². The van der Waals surface area contributed by atoms with Crippen LogP contribution in [-0.2, 0) is 9.36 Å². The average Bonchev–Trinajstić information content (AvgIpc) is 2.18. The van der Waals surface area contributed by atoms with E-state index in [9.17, 15) is 9.36 Å². The van der Waals surface area contributed by atoms with E-state index >= 15 is 0 Å². The molecule has 0 aromatic rings. The topological polar surface area (TPSA) is 78.4 Å². The van der Waals surface area contributed by atoms with Gasteiger partial charge in [0, 0.05) is 6.54 Å². The molecule has 1 aliphatic rings. The fourth-order valence-corrected chi connectivity index (χ4v) is 2.74. The van der Waals surface area contributed by atoms with Crippen LogP contribution >= 0.6 is 7.95 Å². The molecule has 1 fully saturated rings. The molecule has 1 saturated heterocycles. The molecule has 2 atom stereocenters. The third-order valence-electron chi connectivity index (χ3n) is 2.21. The van der Waals surface area contributed by atoms with Crippen LogP contribution in [0, 0.1) is 0 Å². The van der Waals surface area contributed by atoms with Crippen LogP contribution in [0.1, 0.15) is 19.3 Å². The molecule has 0 saturated carbocycles. The number of carboxylic acid groups (broad SMARTS) is 1. The van der Waals surface area contributed by atoms with E-state index in [-0.39, 0.29) is 12.1 Å². The number of hydrogen-bond donors (Lipinski definition) is 3. The Balaban J connectivity index is 2.16. The first-order valence-electron chi connectivity index (χ1n) is 4.82. The predicted molar refractivity (Wildman–Crippen MR) is 53.8 cm³/mol. The van der Waals surface area contributed by atoms with E-state index in [4.69, 9.17) is 5.11 Å². The lowest BCUT2D eigenvalue weighted by atomic mass is 10.2. The molecule has 0 aliphatic carbocycles. The average molecular weight is 219 g/mol. The monoisotopic (exact) mass is 219 g/mol. The van der Waals surface area contributed by atoms with Gasteiger partial charge in [0.25, 0.3) is 0 Å². The first-order valence-corrected chi connectivity index (χ1v) is 6.15. The van der Waals surface area contributed by atoms with Crippen molar-refractivity contribution in [3.05, 3.63) is 0 Å². The third-order valence-corrected chi connectivity index (χ3v) is 3.85. The van der Waals surface area contributed by atoms with E-state index in [1.54, 1.807) is 0 Å². The normalized spacial score (nSPS) is 23.1. The van der Waals surface area contributed by atoms with Gasteiger partial charge in [-0.2, -0.15) is 0 Å². The second-order valence-electron chi connectivity index (χ2n) is 3.38. The summed E-state index contributed by atoms with van der Waals surface area (Å²) in [4.78, 5) is 10.2. The summed E-state index contributed by atoms with van der Waals surface area (Å²) in [6.45, 7) is 2.06. The summed E-state index contributed by atoms with van der Waals surface area (Å²) in [5.41, 5.74) is 0.160. The van der Waals surface area contributed by atoms with Crippen LogP contribution in [0.15, 0.2) is 0 Å². The number of rotatable bonds is 5. The molecule has 0 aromatic carbocycles. The van der Waals surface area contributed by atoms with Crippen molar-refractivity contribution in [3.63, 3.8) is 0 Å². The largest absolute Gasteiger partial charge is 0.481 e. The maximum absolute atomic E-state index is 11.6. The standard InChI is InChI=1S/C8H15N2O3P/c11-8(12)3-5-10-14(13)7-2-1-4-9-6-7/h7,9H,1-6H2,(H-,10,11,12,13)/p+1. The fourth-order valence-electron chi connectivity index (χ4n) is 1.44. The van der Waals surface area contributed by atoms with Gasteiger partial charge >= 0.3 is 13.9 Å². The van der Waals surface area contributed by atoms with E-state index in [0.717, 1.165) is 25.9 Å². The van der Waals surface area contributed by atoms with Gasteiger partial charge in [-0.3, -0.25) is 4.79 Å². The Hall–Kier alpha value is -0.510. The van der Waals surface area contributed by atoms with Crippen molar-refractivity contribution < 1.29 is 14.5 Å². The molecule has 2 unspecified atom stereocenters. The Bertz CT molecular complexity index is 217. The zero-order valence-corrected chi connectivity index (χ0v) is 8.93. The smallest absolute Gasteiger partial charge is 0.436 e. The second kappa shape index (κ2) is 6.06. The molecule has 0 amide bonds. The Morgan fingerprint density at radius 3 is 3.00 bits per heavy atom. The zero-order valence-electron chi connectivity index (χ0n) is 8.03. The van der Waals surface area contributed by atoms with Gasteiger partial charge in [-0.1, -0.05) is 4.57 Å². The number of hydrogen-bond acceptors (Lipinski definition) is 3. The van der Waals surface area contributed by atoms with Crippen molar-refractivity contribution in [1.29, 1.82) is 0 Å². The van der Waals surface area contributed by atoms with Crippen molar-refractivity contribution in [2.75, 3.05) is 19.6 Å². The first-order chi connectivity index (χ1) is 6.70. The highest BCUT2D eigenvalue weighted by atomic mass is 31.1. The van der Waals surface area contributed by atoms with Crippen LogP contribution in [0.4, 0.5) is 0 Å². The maximum atomic E-state index is 11.6. The van der Waals surface area contributed by atoms with Crippen molar-refractivity contribution in [2.45, 2.75) is 24.9 Å².